The highest BCUT2D eigenvalue weighted by Crippen LogP contribution is 2.29. The van der Waals surface area contributed by atoms with Crippen LogP contribution >= 0.6 is 11.3 Å². The zero-order valence-electron chi connectivity index (χ0n) is 16.7. The van der Waals surface area contributed by atoms with Gasteiger partial charge in [-0.3, -0.25) is 4.79 Å². The Balaban J connectivity index is 1.73. The van der Waals surface area contributed by atoms with Crippen molar-refractivity contribution in [2.75, 3.05) is 26.2 Å². The molecule has 0 N–H and O–H groups in total. The molecule has 0 aliphatic carbocycles. The van der Waals surface area contributed by atoms with E-state index in [4.69, 9.17) is 0 Å². The van der Waals surface area contributed by atoms with Crippen molar-refractivity contribution in [1.29, 1.82) is 0 Å². The molecule has 28 heavy (non-hydrogen) atoms. The molecule has 0 spiro atoms. The zero-order chi connectivity index (χ0) is 20.5. The number of benzene rings is 1. The fourth-order valence-corrected chi connectivity index (χ4v) is 6.11. The highest BCUT2D eigenvalue weighted by atomic mass is 32.2. The van der Waals surface area contributed by atoms with E-state index in [1.807, 2.05) is 50.6 Å². The minimum absolute atomic E-state index is 0.0815. The molecule has 0 saturated carbocycles. The fraction of sp³-hybridized carbons (Fsp3) is 0.381. The number of hydrogen-bond acceptors (Lipinski definition) is 4. The van der Waals surface area contributed by atoms with E-state index in [9.17, 15) is 13.2 Å². The lowest BCUT2D eigenvalue weighted by molar-refractivity contribution is -0.127. The Labute approximate surface area is 171 Å². The zero-order valence-corrected chi connectivity index (χ0v) is 18.4. The summed E-state index contributed by atoms with van der Waals surface area (Å²) in [6, 6.07) is 3.98. The van der Waals surface area contributed by atoms with Crippen LogP contribution in [-0.4, -0.2) is 49.7 Å². The van der Waals surface area contributed by atoms with Gasteiger partial charge < -0.3 is 4.90 Å². The van der Waals surface area contributed by atoms with Crippen molar-refractivity contribution in [3.8, 4) is 0 Å². The molecule has 1 aliphatic heterocycles. The second kappa shape index (κ2) is 8.19. The van der Waals surface area contributed by atoms with Crippen LogP contribution in [0.15, 0.2) is 33.9 Å². The number of rotatable bonds is 4. The van der Waals surface area contributed by atoms with Gasteiger partial charge in [-0.15, -0.1) is 0 Å². The molecular weight excluding hydrogens is 392 g/mol. The summed E-state index contributed by atoms with van der Waals surface area (Å²) < 4.78 is 28.1. The lowest BCUT2D eigenvalue weighted by Gasteiger charge is -2.34. The SMILES string of the molecule is Cc1cc(C)c(C)c(S(=O)(=O)N2CCN(C(=O)C=Cc3ccsc3)CC2)c1C. The monoisotopic (exact) mass is 418 g/mol. The molecule has 1 fully saturated rings. The van der Waals surface area contributed by atoms with Crippen molar-refractivity contribution in [2.45, 2.75) is 32.6 Å². The molecule has 1 saturated heterocycles. The second-order valence-electron chi connectivity index (χ2n) is 7.21. The second-order valence-corrected chi connectivity index (χ2v) is 9.86. The maximum absolute atomic E-state index is 13.3. The average Bonchev–Trinajstić information content (AvgIpc) is 3.18. The predicted molar refractivity (Wildman–Crippen MR) is 114 cm³/mol. The molecule has 1 amide bonds. The largest absolute Gasteiger partial charge is 0.337 e. The Morgan fingerprint density at radius 2 is 1.64 bits per heavy atom. The van der Waals surface area contributed by atoms with Crippen LogP contribution < -0.4 is 0 Å². The molecule has 7 heteroatoms. The Morgan fingerprint density at radius 3 is 2.18 bits per heavy atom. The van der Waals surface area contributed by atoms with Gasteiger partial charge in [-0.2, -0.15) is 15.6 Å². The van der Waals surface area contributed by atoms with E-state index >= 15 is 0 Å². The van der Waals surface area contributed by atoms with Gasteiger partial charge in [0.15, 0.2) is 0 Å². The molecule has 5 nitrogen and oxygen atoms in total. The van der Waals surface area contributed by atoms with E-state index in [2.05, 4.69) is 0 Å². The summed E-state index contributed by atoms with van der Waals surface area (Å²) in [6.45, 7) is 9.03. The molecule has 3 rings (SSSR count). The summed E-state index contributed by atoms with van der Waals surface area (Å²) >= 11 is 1.58. The van der Waals surface area contributed by atoms with Crippen LogP contribution in [0.4, 0.5) is 0 Å². The molecule has 0 radical (unpaired) electrons. The standard InChI is InChI=1S/C21H26N2O3S2/c1-15-13-16(2)18(4)21(17(15)3)28(25,26)23-10-8-22(9-11-23)20(24)6-5-19-7-12-27-14-19/h5-7,12-14H,8-11H2,1-4H3. The molecule has 2 aromatic rings. The number of hydrogen-bond donors (Lipinski definition) is 0. The van der Waals surface area contributed by atoms with Gasteiger partial charge in [0.2, 0.25) is 15.9 Å². The van der Waals surface area contributed by atoms with Gasteiger partial charge in [-0.25, -0.2) is 8.42 Å². The first kappa shape index (κ1) is 20.8. The van der Waals surface area contributed by atoms with Gasteiger partial charge >= 0.3 is 0 Å². The van der Waals surface area contributed by atoms with Crippen molar-refractivity contribution in [2.24, 2.45) is 0 Å². The van der Waals surface area contributed by atoms with Gasteiger partial charge in [-0.1, -0.05) is 6.07 Å². The molecule has 1 aromatic heterocycles. The number of carbonyl (C=O) groups excluding carboxylic acids is 1. The summed E-state index contributed by atoms with van der Waals surface area (Å²) in [5.74, 6) is -0.0815. The summed E-state index contributed by atoms with van der Waals surface area (Å²) in [7, 11) is -3.59. The van der Waals surface area contributed by atoms with E-state index in [-0.39, 0.29) is 5.91 Å². The smallest absolute Gasteiger partial charge is 0.246 e. The van der Waals surface area contributed by atoms with E-state index in [0.29, 0.717) is 31.1 Å². The first-order valence-corrected chi connectivity index (χ1v) is 11.7. The van der Waals surface area contributed by atoms with E-state index in [1.54, 1.807) is 28.4 Å². The molecule has 0 bridgehead atoms. The van der Waals surface area contributed by atoms with E-state index in [1.165, 1.54) is 4.31 Å². The van der Waals surface area contributed by atoms with Crippen molar-refractivity contribution in [3.63, 3.8) is 0 Å². The predicted octanol–water partition coefficient (Wildman–Crippen LogP) is 3.53. The van der Waals surface area contributed by atoms with Gasteiger partial charge in [0.1, 0.15) is 0 Å². The summed E-state index contributed by atoms with van der Waals surface area (Å²) in [4.78, 5) is 14.5. The maximum atomic E-state index is 13.3. The van der Waals surface area contributed by atoms with Crippen LogP contribution in [-0.2, 0) is 14.8 Å². The van der Waals surface area contributed by atoms with Crippen molar-refractivity contribution in [3.05, 3.63) is 56.8 Å². The van der Waals surface area contributed by atoms with E-state index < -0.39 is 10.0 Å². The Hall–Kier alpha value is -1.96. The Morgan fingerprint density at radius 1 is 1.04 bits per heavy atom. The molecule has 1 aromatic carbocycles. The first-order valence-electron chi connectivity index (χ1n) is 9.28. The maximum Gasteiger partial charge on any atom is 0.246 e. The van der Waals surface area contributed by atoms with Crippen molar-refractivity contribution >= 4 is 33.3 Å². The van der Waals surface area contributed by atoms with Gasteiger partial charge in [0.25, 0.3) is 0 Å². The molecule has 1 aliphatic rings. The Kier molecular flexibility index (Phi) is 6.07. The number of piperazine rings is 1. The molecule has 2 heterocycles. The number of amides is 1. The quantitative estimate of drug-likeness (QED) is 0.714. The summed E-state index contributed by atoms with van der Waals surface area (Å²) in [5.41, 5.74) is 4.57. The van der Waals surface area contributed by atoms with Gasteiger partial charge in [0, 0.05) is 32.3 Å². The summed E-state index contributed by atoms with van der Waals surface area (Å²) in [5, 5.41) is 3.94. The van der Waals surface area contributed by atoms with Crippen LogP contribution in [0, 0.1) is 27.7 Å². The third-order valence-corrected chi connectivity index (χ3v) is 8.28. The van der Waals surface area contributed by atoms with Crippen LogP contribution in [0.5, 0.6) is 0 Å². The van der Waals surface area contributed by atoms with Gasteiger partial charge in [-0.05, 0) is 78.4 Å². The van der Waals surface area contributed by atoms with E-state index in [0.717, 1.165) is 27.8 Å². The topological polar surface area (TPSA) is 57.7 Å². The molecule has 0 atom stereocenters. The normalized spacial score (nSPS) is 16.1. The number of sulfonamides is 1. The first-order chi connectivity index (χ1) is 13.2. The van der Waals surface area contributed by atoms with Crippen molar-refractivity contribution < 1.29 is 13.2 Å². The summed E-state index contributed by atoms with van der Waals surface area (Å²) in [6.07, 6.45) is 3.36. The minimum atomic E-state index is -3.59. The lowest BCUT2D eigenvalue weighted by Crippen LogP contribution is -2.50. The van der Waals surface area contributed by atoms with Crippen molar-refractivity contribution in [1.82, 2.24) is 9.21 Å². The number of aryl methyl sites for hydroxylation is 2. The minimum Gasteiger partial charge on any atom is -0.337 e. The molecule has 150 valence electrons. The van der Waals surface area contributed by atoms with Crippen LogP contribution in [0.2, 0.25) is 0 Å². The highest BCUT2D eigenvalue weighted by Gasteiger charge is 2.32. The third kappa shape index (κ3) is 4.06. The number of nitrogens with zero attached hydrogens (tertiary/aromatic N) is 2. The van der Waals surface area contributed by atoms with Gasteiger partial charge in [0.05, 0.1) is 4.90 Å². The van der Waals surface area contributed by atoms with Crippen LogP contribution in [0.25, 0.3) is 6.08 Å². The van der Waals surface area contributed by atoms with Crippen LogP contribution in [0.3, 0.4) is 0 Å². The number of carbonyl (C=O) groups is 1. The molecule has 0 unspecified atom stereocenters. The van der Waals surface area contributed by atoms with Crippen LogP contribution in [0.1, 0.15) is 27.8 Å². The number of thiophene rings is 1. The third-order valence-electron chi connectivity index (χ3n) is 5.41. The highest BCUT2D eigenvalue weighted by molar-refractivity contribution is 7.89. The fourth-order valence-electron chi connectivity index (χ4n) is 3.49. The lowest BCUT2D eigenvalue weighted by atomic mass is 10.0. The molecular formula is C21H26N2O3S2. The Bertz CT molecular complexity index is 975. The average molecular weight is 419 g/mol.